The minimum absolute atomic E-state index is 0.0196. The van der Waals surface area contributed by atoms with E-state index in [2.05, 4.69) is 12.6 Å². The number of carbonyl (C=O) groups excluding carboxylic acids is 1. The third kappa shape index (κ3) is 1.63. The van der Waals surface area contributed by atoms with Crippen LogP contribution in [0, 0.1) is 0 Å². The van der Waals surface area contributed by atoms with Crippen molar-refractivity contribution in [3.8, 4) is 0 Å². The van der Waals surface area contributed by atoms with Crippen molar-refractivity contribution in [2.75, 3.05) is 0 Å². The molecule has 1 aromatic rings. The van der Waals surface area contributed by atoms with Crippen LogP contribution in [-0.4, -0.2) is 5.78 Å². The quantitative estimate of drug-likeness (QED) is 0.522. The highest BCUT2D eigenvalue weighted by atomic mass is 16.1. The third-order valence-electron chi connectivity index (χ3n) is 2.93. The number of rotatable bonds is 3. The predicted octanol–water partition coefficient (Wildman–Crippen LogP) is 3.32. The summed E-state index contributed by atoms with van der Waals surface area (Å²) in [6, 6.07) is 7.94. The van der Waals surface area contributed by atoms with Gasteiger partial charge in [-0.25, -0.2) is 0 Å². The molecule has 1 heteroatoms. The van der Waals surface area contributed by atoms with E-state index in [1.54, 1.807) is 0 Å². The highest BCUT2D eigenvalue weighted by Gasteiger charge is 2.19. The Balaban J connectivity index is 2.25. The van der Waals surface area contributed by atoms with Gasteiger partial charge in [-0.2, -0.15) is 0 Å². The van der Waals surface area contributed by atoms with Gasteiger partial charge in [0.15, 0.2) is 5.78 Å². The van der Waals surface area contributed by atoms with E-state index in [4.69, 9.17) is 0 Å². The minimum Gasteiger partial charge on any atom is -0.289 e. The number of hydrogen-bond donors (Lipinski definition) is 0. The summed E-state index contributed by atoms with van der Waals surface area (Å²) >= 11 is 0. The lowest BCUT2D eigenvalue weighted by molar-refractivity contribution is 0.104. The summed E-state index contributed by atoms with van der Waals surface area (Å²) in [6.07, 6.45) is 5.24. The molecule has 2 rings (SSSR count). The zero-order chi connectivity index (χ0) is 9.97. The lowest BCUT2D eigenvalue weighted by atomic mass is 9.79. The minimum atomic E-state index is 0.0196. The van der Waals surface area contributed by atoms with Gasteiger partial charge in [-0.05, 0) is 36.5 Å². The summed E-state index contributed by atoms with van der Waals surface area (Å²) in [4.78, 5) is 11.4. The van der Waals surface area contributed by atoms with Crippen molar-refractivity contribution in [1.82, 2.24) is 0 Å². The third-order valence-corrected chi connectivity index (χ3v) is 2.93. The van der Waals surface area contributed by atoms with Crippen molar-refractivity contribution in [1.29, 1.82) is 0 Å². The Morgan fingerprint density at radius 1 is 1.43 bits per heavy atom. The van der Waals surface area contributed by atoms with Crippen molar-refractivity contribution >= 4 is 5.78 Å². The van der Waals surface area contributed by atoms with Gasteiger partial charge in [0, 0.05) is 5.56 Å². The number of carbonyl (C=O) groups is 1. The molecular formula is C13H14O. The molecule has 1 fully saturated rings. The molecule has 0 bridgehead atoms. The molecule has 72 valence electrons. The number of hydrogen-bond acceptors (Lipinski definition) is 1. The molecule has 0 heterocycles. The standard InChI is InChI=1S/C13H14O/c1-2-13(14)12-8-4-7-11(9-12)10-5-3-6-10/h2,4,7-10H,1,3,5-6H2. The Kier molecular flexibility index (Phi) is 2.49. The van der Waals surface area contributed by atoms with Gasteiger partial charge in [-0.3, -0.25) is 4.79 Å². The summed E-state index contributed by atoms with van der Waals surface area (Å²) in [5.74, 6) is 0.707. The van der Waals surface area contributed by atoms with Crippen LogP contribution < -0.4 is 0 Å². The van der Waals surface area contributed by atoms with E-state index in [1.165, 1.54) is 30.9 Å². The molecule has 0 saturated heterocycles. The summed E-state index contributed by atoms with van der Waals surface area (Å²) in [5.41, 5.74) is 2.08. The summed E-state index contributed by atoms with van der Waals surface area (Å²) < 4.78 is 0. The summed E-state index contributed by atoms with van der Waals surface area (Å²) in [5, 5.41) is 0. The zero-order valence-corrected chi connectivity index (χ0v) is 8.20. The maximum absolute atomic E-state index is 11.4. The van der Waals surface area contributed by atoms with Gasteiger partial charge < -0.3 is 0 Å². The van der Waals surface area contributed by atoms with Gasteiger partial charge in [0.2, 0.25) is 0 Å². The van der Waals surface area contributed by atoms with E-state index in [0.717, 1.165) is 5.56 Å². The lowest BCUT2D eigenvalue weighted by Gasteiger charge is -2.25. The molecule has 0 N–H and O–H groups in total. The first-order valence-corrected chi connectivity index (χ1v) is 5.08. The molecule has 0 unspecified atom stereocenters. The SMILES string of the molecule is C=CC(=O)c1cccc(C2CCC2)c1. The number of ketones is 1. The van der Waals surface area contributed by atoms with E-state index in [1.807, 2.05) is 18.2 Å². The van der Waals surface area contributed by atoms with Crippen molar-refractivity contribution in [2.45, 2.75) is 25.2 Å². The van der Waals surface area contributed by atoms with Crippen LogP contribution in [-0.2, 0) is 0 Å². The van der Waals surface area contributed by atoms with Gasteiger partial charge in [0.25, 0.3) is 0 Å². The first-order chi connectivity index (χ1) is 6.81. The molecule has 0 aromatic heterocycles. The molecule has 1 aromatic carbocycles. The Morgan fingerprint density at radius 2 is 2.21 bits per heavy atom. The van der Waals surface area contributed by atoms with Crippen LogP contribution in [0.2, 0.25) is 0 Å². The van der Waals surface area contributed by atoms with Crippen LogP contribution >= 0.6 is 0 Å². The van der Waals surface area contributed by atoms with E-state index in [0.29, 0.717) is 5.92 Å². The molecule has 0 radical (unpaired) electrons. The maximum Gasteiger partial charge on any atom is 0.185 e. The first-order valence-electron chi connectivity index (χ1n) is 5.08. The van der Waals surface area contributed by atoms with Crippen LogP contribution in [0.25, 0.3) is 0 Å². The zero-order valence-electron chi connectivity index (χ0n) is 8.20. The van der Waals surface area contributed by atoms with E-state index in [-0.39, 0.29) is 5.78 Å². The molecule has 0 atom stereocenters. The largest absolute Gasteiger partial charge is 0.289 e. The van der Waals surface area contributed by atoms with Crippen LogP contribution in [0.4, 0.5) is 0 Å². The van der Waals surface area contributed by atoms with Crippen molar-refractivity contribution < 1.29 is 4.79 Å². The fourth-order valence-electron chi connectivity index (χ4n) is 1.81. The van der Waals surface area contributed by atoms with E-state index in [9.17, 15) is 4.79 Å². The second kappa shape index (κ2) is 3.79. The molecule has 1 aliphatic rings. The smallest absolute Gasteiger partial charge is 0.185 e. The predicted molar refractivity (Wildman–Crippen MR) is 57.6 cm³/mol. The van der Waals surface area contributed by atoms with Crippen LogP contribution in [0.3, 0.4) is 0 Å². The molecule has 0 amide bonds. The van der Waals surface area contributed by atoms with Crippen molar-refractivity contribution in [3.63, 3.8) is 0 Å². The highest BCUT2D eigenvalue weighted by Crippen LogP contribution is 2.36. The summed E-state index contributed by atoms with van der Waals surface area (Å²) in [6.45, 7) is 3.50. The highest BCUT2D eigenvalue weighted by molar-refractivity contribution is 6.04. The monoisotopic (exact) mass is 186 g/mol. The topological polar surface area (TPSA) is 17.1 Å². The molecule has 1 aliphatic carbocycles. The Morgan fingerprint density at radius 3 is 2.79 bits per heavy atom. The van der Waals surface area contributed by atoms with Gasteiger partial charge in [0.05, 0.1) is 0 Å². The number of benzene rings is 1. The van der Waals surface area contributed by atoms with E-state index < -0.39 is 0 Å². The number of allylic oxidation sites excluding steroid dienone is 1. The van der Waals surface area contributed by atoms with Gasteiger partial charge in [0.1, 0.15) is 0 Å². The normalized spacial score (nSPS) is 16.0. The van der Waals surface area contributed by atoms with Crippen molar-refractivity contribution in [2.24, 2.45) is 0 Å². The molecule has 0 aliphatic heterocycles. The Labute approximate surface area is 84.5 Å². The second-order valence-corrected chi connectivity index (χ2v) is 3.82. The lowest BCUT2D eigenvalue weighted by Crippen LogP contribution is -2.09. The molecule has 14 heavy (non-hydrogen) atoms. The van der Waals surface area contributed by atoms with Crippen molar-refractivity contribution in [3.05, 3.63) is 48.0 Å². The average molecular weight is 186 g/mol. The molecule has 1 nitrogen and oxygen atoms in total. The summed E-state index contributed by atoms with van der Waals surface area (Å²) in [7, 11) is 0. The molecule has 0 spiro atoms. The first kappa shape index (κ1) is 9.20. The maximum atomic E-state index is 11.4. The van der Waals surface area contributed by atoms with Gasteiger partial charge in [-0.15, -0.1) is 0 Å². The molecule has 1 saturated carbocycles. The molecular weight excluding hydrogens is 172 g/mol. The van der Waals surface area contributed by atoms with Gasteiger partial charge >= 0.3 is 0 Å². The van der Waals surface area contributed by atoms with Crippen LogP contribution in [0.1, 0.15) is 41.1 Å². The Bertz CT molecular complexity index is 361. The van der Waals surface area contributed by atoms with Gasteiger partial charge in [-0.1, -0.05) is 31.2 Å². The van der Waals surface area contributed by atoms with Crippen LogP contribution in [0.15, 0.2) is 36.9 Å². The van der Waals surface area contributed by atoms with Crippen LogP contribution in [0.5, 0.6) is 0 Å². The fraction of sp³-hybridized carbons (Fsp3) is 0.308. The fourth-order valence-corrected chi connectivity index (χ4v) is 1.81. The average Bonchev–Trinajstić information content (AvgIpc) is 2.14. The second-order valence-electron chi connectivity index (χ2n) is 3.82. The Hall–Kier alpha value is -1.37. The van der Waals surface area contributed by atoms with E-state index >= 15 is 0 Å².